The van der Waals surface area contributed by atoms with E-state index in [4.69, 9.17) is 16.3 Å². The minimum atomic E-state index is 0.0295. The first-order valence-corrected chi connectivity index (χ1v) is 14.3. The van der Waals surface area contributed by atoms with Gasteiger partial charge in [-0.2, -0.15) is 0 Å². The van der Waals surface area contributed by atoms with Gasteiger partial charge < -0.3 is 9.64 Å². The summed E-state index contributed by atoms with van der Waals surface area (Å²) in [6.45, 7) is 8.36. The van der Waals surface area contributed by atoms with E-state index in [0.717, 1.165) is 76.5 Å². The molecule has 0 spiro atoms. The third kappa shape index (κ3) is 8.15. The van der Waals surface area contributed by atoms with Gasteiger partial charge in [-0.3, -0.25) is 19.6 Å². The quantitative estimate of drug-likeness (QED) is 0.338. The van der Waals surface area contributed by atoms with Crippen molar-refractivity contribution >= 4 is 23.6 Å². The zero-order valence-corrected chi connectivity index (χ0v) is 23.2. The first-order valence-electron chi connectivity index (χ1n) is 13.9. The van der Waals surface area contributed by atoms with Crippen molar-refractivity contribution < 1.29 is 9.53 Å². The number of hydrogen-bond acceptors (Lipinski definition) is 5. The number of aromatic nitrogens is 1. The Labute approximate surface area is 236 Å². The van der Waals surface area contributed by atoms with E-state index in [1.54, 1.807) is 12.2 Å². The Morgan fingerprint density at radius 1 is 0.923 bits per heavy atom. The molecule has 3 heterocycles. The van der Waals surface area contributed by atoms with Gasteiger partial charge in [0.2, 0.25) is 5.91 Å². The molecule has 0 N–H and O–H groups in total. The SMILES string of the molecule is O=C(/C=C/c1ccccc1Cl)N1CCC[C@@H](COc2ccc(CN3CCN(Cc4cccnc4)CC3)cc2)C1. The molecular weight excluding hydrogens is 508 g/mol. The molecule has 2 aliphatic rings. The fraction of sp³-hybridized carbons (Fsp3) is 0.375. The molecule has 7 heteroatoms. The Bertz CT molecular complexity index is 1230. The van der Waals surface area contributed by atoms with Gasteiger partial charge >= 0.3 is 0 Å². The van der Waals surface area contributed by atoms with Crippen LogP contribution in [0, 0.1) is 5.92 Å². The third-order valence-corrected chi connectivity index (χ3v) is 7.89. The average molecular weight is 545 g/mol. The van der Waals surface area contributed by atoms with Gasteiger partial charge in [-0.15, -0.1) is 0 Å². The molecule has 0 radical (unpaired) electrons. The minimum absolute atomic E-state index is 0.0295. The Balaban J connectivity index is 1.03. The normalized spacial score (nSPS) is 18.9. The molecule has 6 nitrogen and oxygen atoms in total. The van der Waals surface area contributed by atoms with E-state index in [9.17, 15) is 4.79 Å². The molecular formula is C32H37ClN4O2. The van der Waals surface area contributed by atoms with Gasteiger partial charge in [0.15, 0.2) is 0 Å². The summed E-state index contributed by atoms with van der Waals surface area (Å²) in [5.74, 6) is 1.25. The third-order valence-electron chi connectivity index (χ3n) is 7.55. The number of amides is 1. The number of halogens is 1. The number of carbonyl (C=O) groups excluding carboxylic acids is 1. The van der Waals surface area contributed by atoms with Crippen molar-refractivity contribution in [3.8, 4) is 5.75 Å². The monoisotopic (exact) mass is 544 g/mol. The number of nitrogens with zero attached hydrogens (tertiary/aromatic N) is 4. The van der Waals surface area contributed by atoms with E-state index in [-0.39, 0.29) is 5.91 Å². The summed E-state index contributed by atoms with van der Waals surface area (Å²) >= 11 is 6.21. The minimum Gasteiger partial charge on any atom is -0.493 e. The van der Waals surface area contributed by atoms with Crippen molar-refractivity contribution in [3.63, 3.8) is 0 Å². The molecule has 2 aliphatic heterocycles. The zero-order valence-electron chi connectivity index (χ0n) is 22.4. The van der Waals surface area contributed by atoms with Crippen molar-refractivity contribution in [2.75, 3.05) is 45.9 Å². The second-order valence-electron chi connectivity index (χ2n) is 10.5. The van der Waals surface area contributed by atoms with E-state index in [0.29, 0.717) is 17.5 Å². The Kier molecular flexibility index (Phi) is 9.65. The summed E-state index contributed by atoms with van der Waals surface area (Å²) in [5.41, 5.74) is 3.44. The van der Waals surface area contributed by atoms with Gasteiger partial charge in [-0.1, -0.05) is 48.0 Å². The maximum absolute atomic E-state index is 12.7. The predicted molar refractivity (Wildman–Crippen MR) is 157 cm³/mol. The molecule has 204 valence electrons. The molecule has 2 aromatic carbocycles. The molecule has 0 aliphatic carbocycles. The Morgan fingerprint density at radius 3 is 2.38 bits per heavy atom. The number of carbonyl (C=O) groups is 1. The molecule has 2 fully saturated rings. The molecule has 1 amide bonds. The molecule has 5 rings (SSSR count). The Hall–Kier alpha value is -3.19. The molecule has 1 aromatic heterocycles. The second-order valence-corrected chi connectivity index (χ2v) is 10.9. The smallest absolute Gasteiger partial charge is 0.246 e. The van der Waals surface area contributed by atoms with Gasteiger partial charge in [-0.05, 0) is 59.9 Å². The lowest BCUT2D eigenvalue weighted by molar-refractivity contribution is -0.127. The van der Waals surface area contributed by atoms with Gasteiger partial charge in [0.05, 0.1) is 6.61 Å². The largest absolute Gasteiger partial charge is 0.493 e. The maximum atomic E-state index is 12.7. The van der Waals surface area contributed by atoms with E-state index < -0.39 is 0 Å². The molecule has 1 atom stereocenters. The standard InChI is InChI=1S/C32H37ClN4O2/c33-31-8-2-1-7-29(31)11-14-32(38)37-16-4-6-28(24-37)25-39-30-12-9-26(10-13-30)22-35-17-19-36(20-18-35)23-27-5-3-15-34-21-27/h1-3,5,7-15,21,28H,4,6,16-20,22-25H2/b14-11+/t28-/m1/s1. The topological polar surface area (TPSA) is 48.9 Å². The number of rotatable bonds is 9. The number of ether oxygens (including phenoxy) is 1. The highest BCUT2D eigenvalue weighted by Gasteiger charge is 2.23. The molecule has 3 aromatic rings. The van der Waals surface area contributed by atoms with Crippen LogP contribution in [0.15, 0.2) is 79.1 Å². The molecule has 2 saturated heterocycles. The molecule has 0 bridgehead atoms. The maximum Gasteiger partial charge on any atom is 0.246 e. The van der Waals surface area contributed by atoms with Crippen LogP contribution in [0.4, 0.5) is 0 Å². The van der Waals surface area contributed by atoms with Crippen molar-refractivity contribution in [1.29, 1.82) is 0 Å². The lowest BCUT2D eigenvalue weighted by atomic mass is 9.99. The van der Waals surface area contributed by atoms with Crippen LogP contribution in [0.2, 0.25) is 5.02 Å². The fourth-order valence-electron chi connectivity index (χ4n) is 5.30. The second kappa shape index (κ2) is 13.7. The van der Waals surface area contributed by atoms with Crippen LogP contribution < -0.4 is 4.74 Å². The van der Waals surface area contributed by atoms with Crippen molar-refractivity contribution in [3.05, 3.63) is 101 Å². The van der Waals surface area contributed by atoms with Crippen LogP contribution in [-0.2, 0) is 17.9 Å². The van der Waals surface area contributed by atoms with Gasteiger partial charge in [0.25, 0.3) is 0 Å². The number of likely N-dealkylation sites (tertiary alicyclic amines) is 1. The van der Waals surface area contributed by atoms with Crippen LogP contribution in [0.3, 0.4) is 0 Å². The molecule has 0 saturated carbocycles. The highest BCUT2D eigenvalue weighted by atomic mass is 35.5. The van der Waals surface area contributed by atoms with Gasteiger partial charge in [0, 0.05) is 81.8 Å². The van der Waals surface area contributed by atoms with Crippen molar-refractivity contribution in [1.82, 2.24) is 19.7 Å². The highest BCUT2D eigenvalue weighted by molar-refractivity contribution is 6.32. The van der Waals surface area contributed by atoms with Crippen LogP contribution in [0.5, 0.6) is 5.75 Å². The first kappa shape index (κ1) is 27.4. The van der Waals surface area contributed by atoms with Gasteiger partial charge in [-0.25, -0.2) is 0 Å². The summed E-state index contributed by atoms with van der Waals surface area (Å²) in [4.78, 5) is 23.9. The number of pyridine rings is 1. The fourth-order valence-corrected chi connectivity index (χ4v) is 5.50. The highest BCUT2D eigenvalue weighted by Crippen LogP contribution is 2.21. The number of hydrogen-bond donors (Lipinski definition) is 0. The summed E-state index contributed by atoms with van der Waals surface area (Å²) in [7, 11) is 0. The van der Waals surface area contributed by atoms with E-state index >= 15 is 0 Å². The number of piperazine rings is 1. The van der Waals surface area contributed by atoms with Crippen LogP contribution >= 0.6 is 11.6 Å². The lowest BCUT2D eigenvalue weighted by Crippen LogP contribution is -2.45. The van der Waals surface area contributed by atoms with Gasteiger partial charge in [0.1, 0.15) is 5.75 Å². The molecule has 39 heavy (non-hydrogen) atoms. The average Bonchev–Trinajstić information content (AvgIpc) is 2.98. The Morgan fingerprint density at radius 2 is 1.67 bits per heavy atom. The lowest BCUT2D eigenvalue weighted by Gasteiger charge is -2.34. The van der Waals surface area contributed by atoms with Crippen LogP contribution in [-0.4, -0.2) is 71.5 Å². The zero-order chi connectivity index (χ0) is 26.9. The van der Waals surface area contributed by atoms with Crippen molar-refractivity contribution in [2.45, 2.75) is 25.9 Å². The van der Waals surface area contributed by atoms with Crippen LogP contribution in [0.1, 0.15) is 29.5 Å². The van der Waals surface area contributed by atoms with E-state index in [2.05, 4.69) is 45.1 Å². The summed E-state index contributed by atoms with van der Waals surface area (Å²) in [6.07, 6.45) is 9.28. The number of piperidine rings is 1. The number of benzene rings is 2. The predicted octanol–water partition coefficient (Wildman–Crippen LogP) is 5.38. The van der Waals surface area contributed by atoms with E-state index in [1.165, 1.54) is 11.1 Å². The molecule has 0 unspecified atom stereocenters. The van der Waals surface area contributed by atoms with E-state index in [1.807, 2.05) is 47.6 Å². The van der Waals surface area contributed by atoms with Crippen LogP contribution in [0.25, 0.3) is 6.08 Å². The summed E-state index contributed by atoms with van der Waals surface area (Å²) < 4.78 is 6.14. The first-order chi connectivity index (χ1) is 19.1. The summed E-state index contributed by atoms with van der Waals surface area (Å²) in [6, 6.07) is 20.2. The van der Waals surface area contributed by atoms with Crippen molar-refractivity contribution in [2.24, 2.45) is 5.92 Å². The summed E-state index contributed by atoms with van der Waals surface area (Å²) in [5, 5.41) is 0.650.